The summed E-state index contributed by atoms with van der Waals surface area (Å²) in [4.78, 5) is 0. The van der Waals surface area contributed by atoms with E-state index in [9.17, 15) is 0 Å². The van der Waals surface area contributed by atoms with Crippen LogP contribution < -0.4 is 0 Å². The van der Waals surface area contributed by atoms with Gasteiger partial charge in [-0.3, -0.25) is 0 Å². The number of hydrogen-bond acceptors (Lipinski definition) is 2. The third-order valence-corrected chi connectivity index (χ3v) is 2.75. The molecule has 0 aliphatic rings. The minimum Gasteiger partial charge on any atom is -0.216 e. The molecular formula is C9H7ClIN3. The number of halogens is 2. The van der Waals surface area contributed by atoms with Crippen molar-refractivity contribution in [3.63, 3.8) is 0 Å². The summed E-state index contributed by atoms with van der Waals surface area (Å²) in [5.41, 5.74) is 1.89. The molecule has 0 N–H and O–H groups in total. The summed E-state index contributed by atoms with van der Waals surface area (Å²) in [6, 6.07) is 8.02. The first-order valence-corrected chi connectivity index (χ1v) is 5.64. The van der Waals surface area contributed by atoms with Crippen LogP contribution >= 0.6 is 34.2 Å². The zero-order chi connectivity index (χ0) is 9.97. The minimum atomic E-state index is 0.415. The van der Waals surface area contributed by atoms with Gasteiger partial charge >= 0.3 is 0 Å². The van der Waals surface area contributed by atoms with Gasteiger partial charge in [-0.1, -0.05) is 11.3 Å². The summed E-state index contributed by atoms with van der Waals surface area (Å²) >= 11 is 8.02. The first-order chi connectivity index (χ1) is 6.81. The first-order valence-electron chi connectivity index (χ1n) is 4.03. The molecule has 1 aromatic carbocycles. The molecule has 0 unspecified atom stereocenters. The van der Waals surface area contributed by atoms with Crippen molar-refractivity contribution in [2.45, 2.75) is 5.88 Å². The van der Waals surface area contributed by atoms with Crippen molar-refractivity contribution in [3.8, 4) is 5.69 Å². The maximum Gasteiger partial charge on any atom is 0.0793 e. The van der Waals surface area contributed by atoms with Gasteiger partial charge in [-0.25, -0.2) is 4.68 Å². The summed E-state index contributed by atoms with van der Waals surface area (Å²) in [7, 11) is 0. The van der Waals surface area contributed by atoms with E-state index in [1.165, 1.54) is 0 Å². The minimum absolute atomic E-state index is 0.415. The number of benzene rings is 1. The second-order valence-electron chi connectivity index (χ2n) is 2.75. The number of rotatable bonds is 2. The Morgan fingerprint density at radius 3 is 3.00 bits per heavy atom. The van der Waals surface area contributed by atoms with Crippen LogP contribution in [-0.2, 0) is 5.88 Å². The molecule has 0 atom stereocenters. The van der Waals surface area contributed by atoms with E-state index in [4.69, 9.17) is 11.6 Å². The summed E-state index contributed by atoms with van der Waals surface area (Å²) in [6.45, 7) is 0. The van der Waals surface area contributed by atoms with Crippen molar-refractivity contribution >= 4 is 34.2 Å². The van der Waals surface area contributed by atoms with Gasteiger partial charge in [0.05, 0.1) is 23.5 Å². The summed E-state index contributed by atoms with van der Waals surface area (Å²) < 4.78 is 2.91. The lowest BCUT2D eigenvalue weighted by Gasteiger charge is -2.03. The molecule has 0 spiro atoms. The highest BCUT2D eigenvalue weighted by atomic mass is 127. The van der Waals surface area contributed by atoms with Crippen LogP contribution in [0.25, 0.3) is 5.69 Å². The molecular weight excluding hydrogens is 312 g/mol. The van der Waals surface area contributed by atoms with Crippen molar-refractivity contribution in [1.29, 1.82) is 0 Å². The predicted molar refractivity (Wildman–Crippen MR) is 63.6 cm³/mol. The van der Waals surface area contributed by atoms with Gasteiger partial charge in [0.1, 0.15) is 0 Å². The van der Waals surface area contributed by atoms with Crippen LogP contribution in [0.1, 0.15) is 5.69 Å². The van der Waals surface area contributed by atoms with Crippen molar-refractivity contribution < 1.29 is 0 Å². The maximum atomic E-state index is 5.76. The molecule has 2 rings (SSSR count). The third kappa shape index (κ3) is 1.90. The van der Waals surface area contributed by atoms with E-state index < -0.39 is 0 Å². The molecule has 0 saturated carbocycles. The zero-order valence-corrected chi connectivity index (χ0v) is 10.1. The maximum absolute atomic E-state index is 5.76. The highest BCUT2D eigenvalue weighted by Gasteiger charge is 2.04. The number of alkyl halides is 1. The fourth-order valence-corrected chi connectivity index (χ4v) is 1.88. The van der Waals surface area contributed by atoms with Gasteiger partial charge < -0.3 is 0 Å². The van der Waals surface area contributed by atoms with Crippen LogP contribution in [0, 0.1) is 3.57 Å². The van der Waals surface area contributed by atoms with Gasteiger partial charge in [0.2, 0.25) is 0 Å². The first kappa shape index (κ1) is 9.92. The van der Waals surface area contributed by atoms with Crippen LogP contribution in [0.2, 0.25) is 0 Å². The molecule has 0 fully saturated rings. The van der Waals surface area contributed by atoms with Gasteiger partial charge in [0.15, 0.2) is 0 Å². The Morgan fingerprint density at radius 1 is 1.43 bits per heavy atom. The lowest BCUT2D eigenvalue weighted by Crippen LogP contribution is -2.00. The van der Waals surface area contributed by atoms with E-state index in [-0.39, 0.29) is 0 Å². The van der Waals surface area contributed by atoms with Gasteiger partial charge in [-0.2, -0.15) is 0 Å². The van der Waals surface area contributed by atoms with Gasteiger partial charge in [-0.15, -0.1) is 16.7 Å². The van der Waals surface area contributed by atoms with Gasteiger partial charge in [0, 0.05) is 3.57 Å². The smallest absolute Gasteiger partial charge is 0.0793 e. The van der Waals surface area contributed by atoms with E-state index in [1.54, 1.807) is 10.9 Å². The van der Waals surface area contributed by atoms with Crippen molar-refractivity contribution in [1.82, 2.24) is 15.0 Å². The molecule has 0 radical (unpaired) electrons. The monoisotopic (exact) mass is 319 g/mol. The molecule has 0 aliphatic carbocycles. The molecule has 0 saturated heterocycles. The summed E-state index contributed by atoms with van der Waals surface area (Å²) in [5.74, 6) is 0.415. The second-order valence-corrected chi connectivity index (χ2v) is 4.26. The van der Waals surface area contributed by atoms with Crippen LogP contribution in [0.5, 0.6) is 0 Å². The molecule has 1 heterocycles. The summed E-state index contributed by atoms with van der Waals surface area (Å²) in [6.07, 6.45) is 1.67. The highest BCUT2D eigenvalue weighted by Crippen LogP contribution is 2.14. The fourth-order valence-electron chi connectivity index (χ4n) is 1.17. The van der Waals surface area contributed by atoms with Crippen LogP contribution in [0.4, 0.5) is 0 Å². The normalized spacial score (nSPS) is 10.4. The second kappa shape index (κ2) is 4.27. The standard InChI is InChI=1S/C9H7ClIN3/c10-5-9-6-12-13-14(9)8-3-1-2-7(11)4-8/h1-4,6H,5H2. The molecule has 2 aromatic rings. The van der Waals surface area contributed by atoms with E-state index in [1.807, 2.05) is 24.3 Å². The van der Waals surface area contributed by atoms with E-state index >= 15 is 0 Å². The predicted octanol–water partition coefficient (Wildman–Crippen LogP) is 2.61. The quantitative estimate of drug-likeness (QED) is 0.629. The van der Waals surface area contributed by atoms with Crippen molar-refractivity contribution in [3.05, 3.63) is 39.7 Å². The average Bonchev–Trinajstić information content (AvgIpc) is 2.65. The lowest BCUT2D eigenvalue weighted by molar-refractivity contribution is 0.781. The summed E-state index contributed by atoms with van der Waals surface area (Å²) in [5, 5.41) is 7.80. The molecule has 5 heteroatoms. The molecule has 3 nitrogen and oxygen atoms in total. The Morgan fingerprint density at radius 2 is 2.29 bits per heavy atom. The van der Waals surface area contributed by atoms with Gasteiger partial charge in [0.25, 0.3) is 0 Å². The van der Waals surface area contributed by atoms with E-state index in [0.717, 1.165) is 15.0 Å². The highest BCUT2D eigenvalue weighted by molar-refractivity contribution is 14.1. The van der Waals surface area contributed by atoms with E-state index in [2.05, 4.69) is 32.9 Å². The van der Waals surface area contributed by atoms with Crippen molar-refractivity contribution in [2.24, 2.45) is 0 Å². The number of aromatic nitrogens is 3. The van der Waals surface area contributed by atoms with Crippen LogP contribution in [0.15, 0.2) is 30.5 Å². The zero-order valence-electron chi connectivity index (χ0n) is 7.19. The molecule has 14 heavy (non-hydrogen) atoms. The average molecular weight is 320 g/mol. The Bertz CT molecular complexity index is 441. The molecule has 0 bridgehead atoms. The Kier molecular flexibility index (Phi) is 3.02. The molecule has 0 amide bonds. The Hall–Kier alpha value is -0.620. The Balaban J connectivity index is 2.49. The number of nitrogens with zero attached hydrogens (tertiary/aromatic N) is 3. The Labute approximate surface area is 100 Å². The topological polar surface area (TPSA) is 30.7 Å². The molecule has 1 aromatic heterocycles. The largest absolute Gasteiger partial charge is 0.216 e. The van der Waals surface area contributed by atoms with Crippen LogP contribution in [-0.4, -0.2) is 15.0 Å². The number of hydrogen-bond donors (Lipinski definition) is 0. The SMILES string of the molecule is ClCc1cnnn1-c1cccc(I)c1. The van der Waals surface area contributed by atoms with E-state index in [0.29, 0.717) is 5.88 Å². The molecule has 0 aliphatic heterocycles. The molecule has 72 valence electrons. The van der Waals surface area contributed by atoms with Gasteiger partial charge in [-0.05, 0) is 40.8 Å². The van der Waals surface area contributed by atoms with Crippen molar-refractivity contribution in [2.75, 3.05) is 0 Å². The van der Waals surface area contributed by atoms with Crippen LogP contribution in [0.3, 0.4) is 0 Å². The fraction of sp³-hybridized carbons (Fsp3) is 0.111. The third-order valence-electron chi connectivity index (χ3n) is 1.81. The lowest BCUT2D eigenvalue weighted by atomic mass is 10.3.